The Labute approximate surface area is 153 Å². The van der Waals surface area contributed by atoms with Crippen molar-refractivity contribution in [1.29, 1.82) is 0 Å². The van der Waals surface area contributed by atoms with Crippen LogP contribution in [0.4, 0.5) is 0 Å². The smallest absolute Gasteiger partial charge is 0.251 e. The van der Waals surface area contributed by atoms with Gasteiger partial charge in [0.1, 0.15) is 0 Å². The van der Waals surface area contributed by atoms with Crippen molar-refractivity contribution in [3.63, 3.8) is 0 Å². The second kappa shape index (κ2) is 7.22. The zero-order chi connectivity index (χ0) is 17.2. The van der Waals surface area contributed by atoms with E-state index < -0.39 is 0 Å². The van der Waals surface area contributed by atoms with Crippen LogP contribution in [-0.4, -0.2) is 36.0 Å². The van der Waals surface area contributed by atoms with E-state index in [0.717, 1.165) is 10.5 Å². The van der Waals surface area contributed by atoms with Crippen molar-refractivity contribution in [3.8, 4) is 0 Å². The average Bonchev–Trinajstić information content (AvgIpc) is 2.66. The van der Waals surface area contributed by atoms with Crippen LogP contribution in [0.3, 0.4) is 0 Å². The lowest BCUT2D eigenvalue weighted by molar-refractivity contribution is 0.0217. The number of hydrogen-bond donors (Lipinski definition) is 1. The molecule has 2 atom stereocenters. The van der Waals surface area contributed by atoms with Crippen molar-refractivity contribution in [3.05, 3.63) is 60.2 Å². The van der Waals surface area contributed by atoms with Gasteiger partial charge in [0.15, 0.2) is 0 Å². The molecule has 2 aromatic rings. The third-order valence-corrected chi connectivity index (χ3v) is 6.59. The molecule has 0 spiro atoms. The Balaban J connectivity index is 1.41. The Morgan fingerprint density at radius 2 is 1.64 bits per heavy atom. The van der Waals surface area contributed by atoms with Crippen molar-refractivity contribution in [2.75, 3.05) is 13.1 Å². The van der Waals surface area contributed by atoms with Gasteiger partial charge in [-0.2, -0.15) is 0 Å². The van der Waals surface area contributed by atoms with Gasteiger partial charge < -0.3 is 5.32 Å². The molecule has 3 heterocycles. The third-order valence-electron chi connectivity index (χ3n) is 5.57. The quantitative estimate of drug-likeness (QED) is 0.901. The Bertz CT molecular complexity index is 721. The molecule has 1 N–H and O–H groups in total. The summed E-state index contributed by atoms with van der Waals surface area (Å²) in [5.41, 5.74) is 0.751. The van der Waals surface area contributed by atoms with Gasteiger partial charge in [0, 0.05) is 27.4 Å². The molecule has 3 fully saturated rings. The summed E-state index contributed by atoms with van der Waals surface area (Å²) in [4.78, 5) is 17.5. The minimum Gasteiger partial charge on any atom is -0.347 e. The van der Waals surface area contributed by atoms with Gasteiger partial charge in [-0.3, -0.25) is 9.69 Å². The van der Waals surface area contributed by atoms with Crippen LogP contribution >= 0.6 is 11.8 Å². The predicted octanol–water partition coefficient (Wildman–Crippen LogP) is 4.05. The van der Waals surface area contributed by atoms with Crippen LogP contribution in [0, 0.1) is 5.92 Å². The standard InChI is InChI=1S/C21H24N2OS/c1-15-20(16-11-13-23(15)14-12-16)22-21(24)17-7-9-19(10-8-17)25-18-5-3-2-4-6-18/h2-10,15-16,20H,11-14H2,1H3,(H,22,24). The van der Waals surface area contributed by atoms with E-state index in [9.17, 15) is 4.79 Å². The summed E-state index contributed by atoms with van der Waals surface area (Å²) in [6.07, 6.45) is 2.42. The van der Waals surface area contributed by atoms with Crippen LogP contribution < -0.4 is 5.32 Å². The molecule has 3 aliphatic heterocycles. The number of nitrogens with zero attached hydrogens (tertiary/aromatic N) is 1. The molecule has 0 saturated carbocycles. The highest BCUT2D eigenvalue weighted by Crippen LogP contribution is 2.32. The van der Waals surface area contributed by atoms with Gasteiger partial charge in [0.05, 0.1) is 0 Å². The van der Waals surface area contributed by atoms with Crippen LogP contribution in [0.25, 0.3) is 0 Å². The minimum absolute atomic E-state index is 0.0573. The molecule has 25 heavy (non-hydrogen) atoms. The van der Waals surface area contributed by atoms with Crippen LogP contribution in [0.2, 0.25) is 0 Å². The normalized spacial score (nSPS) is 27.9. The van der Waals surface area contributed by atoms with Crippen molar-refractivity contribution in [2.45, 2.75) is 41.6 Å². The van der Waals surface area contributed by atoms with Gasteiger partial charge in [-0.25, -0.2) is 0 Å². The molecule has 4 heteroatoms. The summed E-state index contributed by atoms with van der Waals surface area (Å²) in [5.74, 6) is 0.693. The number of piperidine rings is 3. The second-order valence-electron chi connectivity index (χ2n) is 7.05. The molecule has 3 saturated heterocycles. The molecule has 0 aliphatic carbocycles. The van der Waals surface area contributed by atoms with E-state index in [1.807, 2.05) is 42.5 Å². The first-order valence-electron chi connectivity index (χ1n) is 9.08. The molecule has 2 aromatic carbocycles. The minimum atomic E-state index is 0.0573. The number of nitrogens with one attached hydrogen (secondary N) is 1. The topological polar surface area (TPSA) is 32.3 Å². The highest BCUT2D eigenvalue weighted by molar-refractivity contribution is 7.99. The van der Waals surface area contributed by atoms with E-state index in [1.54, 1.807) is 11.8 Å². The van der Waals surface area contributed by atoms with Gasteiger partial charge in [-0.15, -0.1) is 0 Å². The zero-order valence-electron chi connectivity index (χ0n) is 14.5. The molecule has 0 radical (unpaired) electrons. The Morgan fingerprint density at radius 3 is 2.28 bits per heavy atom. The lowest BCUT2D eigenvalue weighted by Gasteiger charge is -2.49. The fourth-order valence-corrected chi connectivity index (χ4v) is 4.92. The molecule has 2 bridgehead atoms. The molecule has 5 rings (SSSR count). The van der Waals surface area contributed by atoms with Gasteiger partial charge >= 0.3 is 0 Å². The Hall–Kier alpha value is -1.78. The molecule has 0 aromatic heterocycles. The Kier molecular flexibility index (Phi) is 4.82. The summed E-state index contributed by atoms with van der Waals surface area (Å²) < 4.78 is 0. The van der Waals surface area contributed by atoms with Gasteiger partial charge in [0.25, 0.3) is 5.91 Å². The fourth-order valence-electron chi connectivity index (χ4n) is 4.08. The summed E-state index contributed by atoms with van der Waals surface area (Å²) in [7, 11) is 0. The molecule has 130 valence electrons. The first-order chi connectivity index (χ1) is 12.2. The van der Waals surface area contributed by atoms with Crippen molar-refractivity contribution < 1.29 is 4.79 Å². The first-order valence-corrected chi connectivity index (χ1v) is 9.90. The van der Waals surface area contributed by atoms with E-state index in [-0.39, 0.29) is 11.9 Å². The number of fused-ring (bicyclic) bond motifs is 3. The lowest BCUT2D eigenvalue weighted by Crippen LogP contribution is -2.62. The van der Waals surface area contributed by atoms with Crippen molar-refractivity contribution in [2.24, 2.45) is 5.92 Å². The SMILES string of the molecule is CC1C(NC(=O)c2ccc(Sc3ccccc3)cc2)C2CCN1CC2. The number of carbonyl (C=O) groups excluding carboxylic acids is 1. The third kappa shape index (κ3) is 3.60. The number of hydrogen-bond acceptors (Lipinski definition) is 3. The zero-order valence-corrected chi connectivity index (χ0v) is 15.3. The maximum atomic E-state index is 12.7. The monoisotopic (exact) mass is 352 g/mol. The van der Waals surface area contributed by atoms with Crippen LogP contribution in [0.1, 0.15) is 30.1 Å². The van der Waals surface area contributed by atoms with Crippen molar-refractivity contribution in [1.82, 2.24) is 10.2 Å². The predicted molar refractivity (Wildman–Crippen MR) is 102 cm³/mol. The van der Waals surface area contributed by atoms with Crippen molar-refractivity contribution >= 4 is 17.7 Å². The van der Waals surface area contributed by atoms with E-state index in [1.165, 1.54) is 30.8 Å². The van der Waals surface area contributed by atoms with Crippen LogP contribution in [-0.2, 0) is 0 Å². The maximum absolute atomic E-state index is 12.7. The van der Waals surface area contributed by atoms with E-state index >= 15 is 0 Å². The summed E-state index contributed by atoms with van der Waals surface area (Å²) in [5, 5.41) is 3.30. The molecule has 3 aliphatic rings. The Morgan fingerprint density at radius 1 is 1.00 bits per heavy atom. The molecule has 2 unspecified atom stereocenters. The first kappa shape index (κ1) is 16.7. The van der Waals surface area contributed by atoms with Gasteiger partial charge in [-0.1, -0.05) is 30.0 Å². The van der Waals surface area contributed by atoms with Gasteiger partial charge in [0.2, 0.25) is 0 Å². The number of amides is 1. The second-order valence-corrected chi connectivity index (χ2v) is 8.20. The maximum Gasteiger partial charge on any atom is 0.251 e. The highest BCUT2D eigenvalue weighted by Gasteiger charge is 2.40. The summed E-state index contributed by atoms with van der Waals surface area (Å²) in [6, 6.07) is 19.0. The van der Waals surface area contributed by atoms with Gasteiger partial charge in [-0.05, 0) is 75.2 Å². The average molecular weight is 353 g/mol. The molecule has 1 amide bonds. The number of carbonyl (C=O) groups is 1. The molecular formula is C21H24N2OS. The van der Waals surface area contributed by atoms with Crippen LogP contribution in [0.5, 0.6) is 0 Å². The largest absolute Gasteiger partial charge is 0.347 e. The number of rotatable bonds is 4. The molecular weight excluding hydrogens is 328 g/mol. The van der Waals surface area contributed by atoms with E-state index in [0.29, 0.717) is 12.0 Å². The number of benzene rings is 2. The molecule has 3 nitrogen and oxygen atoms in total. The van der Waals surface area contributed by atoms with Crippen LogP contribution in [0.15, 0.2) is 64.4 Å². The fraction of sp³-hybridized carbons (Fsp3) is 0.381. The highest BCUT2D eigenvalue weighted by atomic mass is 32.2. The lowest BCUT2D eigenvalue weighted by atomic mass is 9.79. The van der Waals surface area contributed by atoms with E-state index in [2.05, 4.69) is 29.3 Å². The van der Waals surface area contributed by atoms with E-state index in [4.69, 9.17) is 0 Å². The summed E-state index contributed by atoms with van der Waals surface area (Å²) in [6.45, 7) is 4.61. The summed E-state index contributed by atoms with van der Waals surface area (Å²) >= 11 is 1.72.